The van der Waals surface area contributed by atoms with Crippen LogP contribution in [-0.2, 0) is 19.0 Å². The molecule has 0 amide bonds. The standard InChI is InChI=1S/C21H27NO5/c1-14-4-5-15(2)17(12-14)18-13-22-21(8-6-16(25-3)7-9-21)19(18)27-20(24)26-11-10-23/h4-5,10,12,16,22H,6-9,11,13H2,1-3H3. The van der Waals surface area contributed by atoms with Gasteiger partial charge in [-0.1, -0.05) is 23.8 Å². The van der Waals surface area contributed by atoms with Crippen LogP contribution in [0.3, 0.4) is 0 Å². The maximum Gasteiger partial charge on any atom is 0.514 e. The predicted molar refractivity (Wildman–Crippen MR) is 101 cm³/mol. The average Bonchev–Trinajstić information content (AvgIpc) is 3.00. The number of rotatable bonds is 5. The lowest BCUT2D eigenvalue weighted by Crippen LogP contribution is -2.47. The fourth-order valence-electron chi connectivity index (χ4n) is 4.08. The number of aldehydes is 1. The molecule has 6 heteroatoms. The van der Waals surface area contributed by atoms with Crippen LogP contribution in [0.5, 0.6) is 0 Å². The van der Waals surface area contributed by atoms with Crippen molar-refractivity contribution in [3.05, 3.63) is 40.6 Å². The molecule has 1 aliphatic heterocycles. The van der Waals surface area contributed by atoms with Crippen LogP contribution in [0.1, 0.15) is 42.4 Å². The van der Waals surface area contributed by atoms with Crippen LogP contribution in [-0.4, -0.2) is 44.3 Å². The minimum atomic E-state index is -0.836. The van der Waals surface area contributed by atoms with Crippen LogP contribution in [0.4, 0.5) is 4.79 Å². The lowest BCUT2D eigenvalue weighted by molar-refractivity contribution is -0.111. The van der Waals surface area contributed by atoms with Gasteiger partial charge in [0.1, 0.15) is 5.76 Å². The van der Waals surface area contributed by atoms with Gasteiger partial charge in [0, 0.05) is 19.2 Å². The Morgan fingerprint density at radius 3 is 2.70 bits per heavy atom. The molecule has 2 aliphatic rings. The first kappa shape index (κ1) is 19.6. The van der Waals surface area contributed by atoms with E-state index in [9.17, 15) is 9.59 Å². The third kappa shape index (κ3) is 4.06. The first-order chi connectivity index (χ1) is 13.0. The van der Waals surface area contributed by atoms with Crippen LogP contribution < -0.4 is 5.32 Å². The number of nitrogens with one attached hydrogen (secondary N) is 1. The molecule has 1 heterocycles. The third-order valence-corrected chi connectivity index (χ3v) is 5.60. The zero-order valence-corrected chi connectivity index (χ0v) is 16.2. The van der Waals surface area contributed by atoms with E-state index in [0.717, 1.165) is 47.9 Å². The van der Waals surface area contributed by atoms with Crippen molar-refractivity contribution >= 4 is 18.0 Å². The summed E-state index contributed by atoms with van der Waals surface area (Å²) in [4.78, 5) is 22.7. The van der Waals surface area contributed by atoms with E-state index in [2.05, 4.69) is 30.4 Å². The van der Waals surface area contributed by atoms with E-state index in [0.29, 0.717) is 18.6 Å². The number of hydrogen-bond donors (Lipinski definition) is 1. The fraction of sp³-hybridized carbons (Fsp3) is 0.524. The van der Waals surface area contributed by atoms with Crippen molar-refractivity contribution < 1.29 is 23.8 Å². The van der Waals surface area contributed by atoms with Crippen molar-refractivity contribution in [2.45, 2.75) is 51.2 Å². The first-order valence-electron chi connectivity index (χ1n) is 9.36. The molecule has 27 heavy (non-hydrogen) atoms. The van der Waals surface area contributed by atoms with Gasteiger partial charge in [-0.15, -0.1) is 0 Å². The second kappa shape index (κ2) is 8.23. The van der Waals surface area contributed by atoms with E-state index in [4.69, 9.17) is 14.2 Å². The van der Waals surface area contributed by atoms with Gasteiger partial charge in [-0.05, 0) is 50.7 Å². The van der Waals surface area contributed by atoms with E-state index >= 15 is 0 Å². The minimum Gasteiger partial charge on any atom is -0.426 e. The molecule has 1 aliphatic carbocycles. The normalized spacial score (nSPS) is 24.9. The molecule has 1 spiro atoms. The van der Waals surface area contributed by atoms with Gasteiger partial charge in [0.25, 0.3) is 0 Å². The van der Waals surface area contributed by atoms with Gasteiger partial charge >= 0.3 is 6.16 Å². The highest BCUT2D eigenvalue weighted by atomic mass is 16.7. The Bertz CT molecular complexity index is 747. The molecule has 0 saturated heterocycles. The van der Waals surface area contributed by atoms with Crippen molar-refractivity contribution in [1.29, 1.82) is 0 Å². The maximum absolute atomic E-state index is 12.1. The zero-order valence-electron chi connectivity index (χ0n) is 16.2. The van der Waals surface area contributed by atoms with Gasteiger partial charge in [0.15, 0.2) is 12.9 Å². The van der Waals surface area contributed by atoms with Gasteiger partial charge in [-0.2, -0.15) is 0 Å². The Labute approximate surface area is 159 Å². The number of benzene rings is 1. The second-order valence-corrected chi connectivity index (χ2v) is 7.33. The Hall–Kier alpha value is -2.18. The van der Waals surface area contributed by atoms with E-state index in [1.54, 1.807) is 7.11 Å². The van der Waals surface area contributed by atoms with Crippen LogP contribution >= 0.6 is 0 Å². The van der Waals surface area contributed by atoms with E-state index in [-0.39, 0.29) is 12.7 Å². The van der Waals surface area contributed by atoms with Crippen LogP contribution in [0.15, 0.2) is 24.0 Å². The summed E-state index contributed by atoms with van der Waals surface area (Å²) in [6, 6.07) is 6.26. The molecular weight excluding hydrogens is 346 g/mol. The number of carbonyl (C=O) groups is 2. The van der Waals surface area contributed by atoms with Crippen LogP contribution in [0.25, 0.3) is 5.57 Å². The zero-order chi connectivity index (χ0) is 19.4. The molecule has 1 aromatic carbocycles. The summed E-state index contributed by atoms with van der Waals surface area (Å²) < 4.78 is 16.0. The first-order valence-corrected chi connectivity index (χ1v) is 9.36. The molecule has 0 atom stereocenters. The second-order valence-electron chi connectivity index (χ2n) is 7.33. The summed E-state index contributed by atoms with van der Waals surface area (Å²) in [6.07, 6.45) is 3.34. The molecule has 0 bridgehead atoms. The van der Waals surface area contributed by atoms with Gasteiger partial charge < -0.3 is 19.5 Å². The Balaban J connectivity index is 1.98. The summed E-state index contributed by atoms with van der Waals surface area (Å²) >= 11 is 0. The summed E-state index contributed by atoms with van der Waals surface area (Å²) in [7, 11) is 1.73. The Kier molecular flexibility index (Phi) is 5.97. The molecule has 1 aromatic rings. The number of hydrogen-bond acceptors (Lipinski definition) is 6. The molecule has 6 nitrogen and oxygen atoms in total. The largest absolute Gasteiger partial charge is 0.514 e. The molecule has 0 unspecified atom stereocenters. The highest BCUT2D eigenvalue weighted by Gasteiger charge is 2.46. The highest BCUT2D eigenvalue weighted by Crippen LogP contribution is 2.43. The van der Waals surface area contributed by atoms with Crippen molar-refractivity contribution in [3.8, 4) is 0 Å². The van der Waals surface area contributed by atoms with Crippen LogP contribution in [0.2, 0.25) is 0 Å². The number of methoxy groups -OCH3 is 1. The van der Waals surface area contributed by atoms with Crippen molar-refractivity contribution in [2.24, 2.45) is 0 Å². The summed E-state index contributed by atoms with van der Waals surface area (Å²) in [5.74, 6) is 0.627. The maximum atomic E-state index is 12.1. The number of carbonyl (C=O) groups excluding carboxylic acids is 2. The summed E-state index contributed by atoms with van der Waals surface area (Å²) in [6.45, 7) is 4.41. The van der Waals surface area contributed by atoms with Crippen LogP contribution in [0, 0.1) is 13.8 Å². The van der Waals surface area contributed by atoms with Gasteiger partial charge in [-0.3, -0.25) is 4.79 Å². The average molecular weight is 373 g/mol. The fourth-order valence-corrected chi connectivity index (χ4v) is 4.08. The van der Waals surface area contributed by atoms with Crippen molar-refractivity contribution in [1.82, 2.24) is 5.32 Å². The molecule has 1 fully saturated rings. The molecule has 1 saturated carbocycles. The highest BCUT2D eigenvalue weighted by molar-refractivity contribution is 5.78. The topological polar surface area (TPSA) is 73.9 Å². The molecule has 0 radical (unpaired) electrons. The Morgan fingerprint density at radius 1 is 1.30 bits per heavy atom. The Morgan fingerprint density at radius 2 is 2.04 bits per heavy atom. The molecule has 146 valence electrons. The number of aryl methyl sites for hydroxylation is 2. The summed E-state index contributed by atoms with van der Waals surface area (Å²) in [5.41, 5.74) is 3.93. The lowest BCUT2D eigenvalue weighted by atomic mass is 9.79. The third-order valence-electron chi connectivity index (χ3n) is 5.60. The number of ether oxygens (including phenoxy) is 3. The molecule has 1 N–H and O–H groups in total. The van der Waals surface area contributed by atoms with E-state index in [1.165, 1.54) is 0 Å². The smallest absolute Gasteiger partial charge is 0.426 e. The van der Waals surface area contributed by atoms with E-state index < -0.39 is 11.7 Å². The SMILES string of the molecule is COC1CCC2(CC1)NCC(c1cc(C)ccc1C)=C2OC(=O)OCC=O. The van der Waals surface area contributed by atoms with Crippen molar-refractivity contribution in [3.63, 3.8) is 0 Å². The lowest BCUT2D eigenvalue weighted by Gasteiger charge is -2.38. The van der Waals surface area contributed by atoms with Gasteiger partial charge in [-0.25, -0.2) is 4.79 Å². The minimum absolute atomic E-state index is 0.227. The molecule has 0 aromatic heterocycles. The monoisotopic (exact) mass is 373 g/mol. The predicted octanol–water partition coefficient (Wildman–Crippen LogP) is 3.30. The quantitative estimate of drug-likeness (QED) is 0.631. The molecular formula is C21H27NO5. The van der Waals surface area contributed by atoms with Crippen molar-refractivity contribution in [2.75, 3.05) is 20.3 Å². The summed E-state index contributed by atoms with van der Waals surface area (Å²) in [5, 5.41) is 3.59. The van der Waals surface area contributed by atoms with Gasteiger partial charge in [0.05, 0.1) is 11.6 Å². The molecule has 3 rings (SSSR count). The van der Waals surface area contributed by atoms with E-state index in [1.807, 2.05) is 6.92 Å². The van der Waals surface area contributed by atoms with Gasteiger partial charge in [0.2, 0.25) is 0 Å².